The predicted molar refractivity (Wildman–Crippen MR) is 65.6 cm³/mol. The Morgan fingerprint density at radius 3 is 2.50 bits per heavy atom. The second-order valence-electron chi connectivity index (χ2n) is 3.70. The van der Waals surface area contributed by atoms with Gasteiger partial charge in [0.1, 0.15) is 13.6 Å². The molecule has 2 rings (SSSR count). The predicted octanol–water partition coefficient (Wildman–Crippen LogP) is 2.28. The molecule has 1 aromatic heterocycles. The van der Waals surface area contributed by atoms with Gasteiger partial charge in [-0.05, 0) is 32.0 Å². The molecule has 0 spiro atoms. The van der Waals surface area contributed by atoms with E-state index in [4.69, 9.17) is 12.6 Å². The van der Waals surface area contributed by atoms with Crippen LogP contribution in [0.25, 0.3) is 0 Å². The summed E-state index contributed by atoms with van der Waals surface area (Å²) in [7, 11) is 5.86. The number of hydrogen-bond donors (Lipinski definition) is 0. The molecule has 2 radical (unpaired) electrons. The van der Waals surface area contributed by atoms with Crippen LogP contribution in [0.2, 0.25) is 0 Å². The van der Waals surface area contributed by atoms with Gasteiger partial charge in [0.2, 0.25) is 5.88 Å². The van der Waals surface area contributed by atoms with Gasteiger partial charge in [0.15, 0.2) is 0 Å². The van der Waals surface area contributed by atoms with Crippen LogP contribution in [0, 0.1) is 13.8 Å². The number of hydrogen-bond acceptors (Lipinski definition) is 2. The fourth-order valence-corrected chi connectivity index (χ4v) is 1.43. The molecule has 0 aliphatic rings. The van der Waals surface area contributed by atoms with E-state index in [9.17, 15) is 0 Å². The molecule has 0 fully saturated rings. The molecule has 0 aliphatic heterocycles. The smallest absolute Gasteiger partial charge is 0.221 e. The van der Waals surface area contributed by atoms with Crippen LogP contribution < -0.4 is 10.2 Å². The Labute approximate surface area is 96.7 Å². The lowest BCUT2D eigenvalue weighted by Crippen LogP contribution is -2.11. The average Bonchev–Trinajstić information content (AvgIpc) is 2.27. The van der Waals surface area contributed by atoms with Crippen LogP contribution in [0.3, 0.4) is 0 Å². The average molecular weight is 209 g/mol. The lowest BCUT2D eigenvalue weighted by atomic mass is 9.92. The van der Waals surface area contributed by atoms with Crippen LogP contribution in [0.4, 0.5) is 0 Å². The van der Waals surface area contributed by atoms with Crippen molar-refractivity contribution < 1.29 is 4.74 Å². The zero-order valence-electron chi connectivity index (χ0n) is 9.40. The van der Waals surface area contributed by atoms with Crippen molar-refractivity contribution in [3.05, 3.63) is 47.7 Å². The summed E-state index contributed by atoms with van der Waals surface area (Å²) in [5, 5.41) is 0. The number of aromatic nitrogens is 1. The van der Waals surface area contributed by atoms with E-state index in [2.05, 4.69) is 4.98 Å². The van der Waals surface area contributed by atoms with Gasteiger partial charge in [-0.2, -0.15) is 0 Å². The van der Waals surface area contributed by atoms with E-state index < -0.39 is 0 Å². The summed E-state index contributed by atoms with van der Waals surface area (Å²) in [5.74, 6) is 1.34. The highest BCUT2D eigenvalue weighted by atomic mass is 16.5. The van der Waals surface area contributed by atoms with Crippen molar-refractivity contribution in [2.75, 3.05) is 0 Å². The number of aryl methyl sites for hydroxylation is 1. The minimum Gasteiger partial charge on any atom is -0.439 e. The van der Waals surface area contributed by atoms with E-state index in [1.807, 2.05) is 50.2 Å². The summed E-state index contributed by atoms with van der Waals surface area (Å²) < 4.78 is 5.68. The van der Waals surface area contributed by atoms with Crippen molar-refractivity contribution in [1.29, 1.82) is 0 Å². The van der Waals surface area contributed by atoms with Crippen LogP contribution in [0.5, 0.6) is 11.6 Å². The van der Waals surface area contributed by atoms with E-state index in [1.165, 1.54) is 0 Å². The fourth-order valence-electron chi connectivity index (χ4n) is 1.43. The molecule has 0 atom stereocenters. The minimum atomic E-state index is 0.573. The molecule has 1 heterocycles. The molecular formula is C13H12BNO. The zero-order valence-corrected chi connectivity index (χ0v) is 9.40. The van der Waals surface area contributed by atoms with E-state index in [0.29, 0.717) is 11.3 Å². The van der Waals surface area contributed by atoms with Gasteiger partial charge in [0.05, 0.1) is 0 Å². The third kappa shape index (κ3) is 2.24. The largest absolute Gasteiger partial charge is 0.439 e. The lowest BCUT2D eigenvalue weighted by Gasteiger charge is -2.10. The molecule has 0 aliphatic carbocycles. The van der Waals surface area contributed by atoms with Crippen molar-refractivity contribution >= 4 is 13.3 Å². The number of pyridine rings is 1. The summed E-state index contributed by atoms with van der Waals surface area (Å²) in [5.41, 5.74) is 2.43. The van der Waals surface area contributed by atoms with Gasteiger partial charge in [0.25, 0.3) is 0 Å². The Morgan fingerprint density at radius 1 is 1.12 bits per heavy atom. The first-order valence-electron chi connectivity index (χ1n) is 5.13. The summed E-state index contributed by atoms with van der Waals surface area (Å²) in [4.78, 5) is 4.33. The Kier molecular flexibility index (Phi) is 2.95. The molecule has 0 amide bonds. The lowest BCUT2D eigenvalue weighted by molar-refractivity contribution is 0.458. The molecule has 78 valence electrons. The second kappa shape index (κ2) is 4.39. The maximum Gasteiger partial charge on any atom is 0.221 e. The van der Waals surface area contributed by atoms with Gasteiger partial charge >= 0.3 is 0 Å². The van der Waals surface area contributed by atoms with Crippen molar-refractivity contribution in [3.63, 3.8) is 0 Å². The zero-order chi connectivity index (χ0) is 11.5. The van der Waals surface area contributed by atoms with Crippen molar-refractivity contribution in [3.8, 4) is 11.6 Å². The monoisotopic (exact) mass is 209 g/mol. The first-order chi connectivity index (χ1) is 7.66. The molecule has 0 bridgehead atoms. The van der Waals surface area contributed by atoms with Gasteiger partial charge in [-0.3, -0.25) is 0 Å². The maximum atomic E-state index is 5.86. The molecular weight excluding hydrogens is 197 g/mol. The van der Waals surface area contributed by atoms with E-state index in [-0.39, 0.29) is 0 Å². The third-order valence-corrected chi connectivity index (χ3v) is 2.35. The van der Waals surface area contributed by atoms with Gasteiger partial charge in [0, 0.05) is 11.3 Å². The van der Waals surface area contributed by atoms with Gasteiger partial charge in [-0.25, -0.2) is 4.98 Å². The highest BCUT2D eigenvalue weighted by Gasteiger charge is 2.06. The first-order valence-corrected chi connectivity index (χ1v) is 5.13. The number of rotatable bonds is 2. The van der Waals surface area contributed by atoms with Gasteiger partial charge < -0.3 is 4.74 Å². The Morgan fingerprint density at radius 2 is 1.81 bits per heavy atom. The Hall–Kier alpha value is -1.77. The van der Waals surface area contributed by atoms with Gasteiger partial charge in [-0.1, -0.05) is 23.7 Å². The standard InChI is InChI=1S/C13H12BNO/c1-9-8-12(14)10(2)13(15-9)16-11-6-4-3-5-7-11/h3-8H,1-2H3. The van der Waals surface area contributed by atoms with Crippen LogP contribution in [-0.4, -0.2) is 12.8 Å². The fraction of sp³-hybridized carbons (Fsp3) is 0.154. The first kappa shape index (κ1) is 10.7. The molecule has 0 unspecified atom stereocenters. The van der Waals surface area contributed by atoms with E-state index in [1.54, 1.807) is 0 Å². The Bertz CT molecular complexity index is 497. The van der Waals surface area contributed by atoms with Crippen molar-refractivity contribution in [2.45, 2.75) is 13.8 Å². The molecule has 2 nitrogen and oxygen atoms in total. The van der Waals surface area contributed by atoms with Crippen LogP contribution in [-0.2, 0) is 0 Å². The number of ether oxygens (including phenoxy) is 1. The Balaban J connectivity index is 2.35. The highest BCUT2D eigenvalue weighted by molar-refractivity contribution is 6.33. The summed E-state index contributed by atoms with van der Waals surface area (Å²) in [6, 6.07) is 11.4. The topological polar surface area (TPSA) is 22.1 Å². The van der Waals surface area contributed by atoms with Crippen molar-refractivity contribution in [1.82, 2.24) is 4.98 Å². The summed E-state index contributed by atoms with van der Waals surface area (Å²) >= 11 is 0. The number of benzene rings is 1. The maximum absolute atomic E-state index is 5.86. The molecule has 0 saturated carbocycles. The van der Waals surface area contributed by atoms with Gasteiger partial charge in [-0.15, -0.1) is 0 Å². The molecule has 3 heteroatoms. The summed E-state index contributed by atoms with van der Waals surface area (Å²) in [6.07, 6.45) is 0. The molecule has 16 heavy (non-hydrogen) atoms. The molecule has 2 aromatic rings. The number of para-hydroxylation sites is 1. The minimum absolute atomic E-state index is 0.573. The number of nitrogens with zero attached hydrogens (tertiary/aromatic N) is 1. The van der Waals surface area contributed by atoms with Crippen LogP contribution in [0.15, 0.2) is 36.4 Å². The highest BCUT2D eigenvalue weighted by Crippen LogP contribution is 2.21. The van der Waals surface area contributed by atoms with Crippen molar-refractivity contribution in [2.24, 2.45) is 0 Å². The molecule has 1 aromatic carbocycles. The van der Waals surface area contributed by atoms with Crippen LogP contribution in [0.1, 0.15) is 11.3 Å². The molecule has 0 N–H and O–H groups in total. The van der Waals surface area contributed by atoms with E-state index in [0.717, 1.165) is 17.0 Å². The quantitative estimate of drug-likeness (QED) is 0.708. The second-order valence-corrected chi connectivity index (χ2v) is 3.70. The summed E-state index contributed by atoms with van der Waals surface area (Å²) in [6.45, 7) is 3.80. The SMILES string of the molecule is [B]c1cc(C)nc(Oc2ccccc2)c1C. The van der Waals surface area contributed by atoms with E-state index >= 15 is 0 Å². The normalized spacial score (nSPS) is 10.1. The molecule has 0 saturated heterocycles. The van der Waals surface area contributed by atoms with Crippen LogP contribution >= 0.6 is 0 Å². The third-order valence-electron chi connectivity index (χ3n) is 2.35.